The molecule has 1 heterocycles. The highest BCUT2D eigenvalue weighted by Gasteiger charge is 2.21. The third kappa shape index (κ3) is 4.81. The highest BCUT2D eigenvalue weighted by molar-refractivity contribution is 6.31. The fourth-order valence-corrected chi connectivity index (χ4v) is 4.05. The van der Waals surface area contributed by atoms with Crippen molar-refractivity contribution in [1.29, 1.82) is 0 Å². The van der Waals surface area contributed by atoms with E-state index < -0.39 is 6.04 Å². The first kappa shape index (κ1) is 22.7. The Morgan fingerprint density at radius 2 is 1.85 bits per heavy atom. The van der Waals surface area contributed by atoms with Crippen molar-refractivity contribution in [2.75, 3.05) is 20.8 Å². The monoisotopic (exact) mass is 463 g/mol. The summed E-state index contributed by atoms with van der Waals surface area (Å²) in [5.41, 5.74) is 3.60. The number of ether oxygens (including phenoxy) is 2. The number of aromatic nitrogens is 2. The SMILES string of the molecule is COc1ccc(OC)c(CCNC(=O)[C@@H](C)n2nc(-c3ccccc3)c3cc(Cl)ccc32)c1. The van der Waals surface area contributed by atoms with E-state index in [1.807, 2.05) is 73.7 Å². The van der Waals surface area contributed by atoms with Crippen molar-refractivity contribution in [2.24, 2.45) is 0 Å². The summed E-state index contributed by atoms with van der Waals surface area (Å²) in [6.07, 6.45) is 0.615. The Labute approximate surface area is 198 Å². The van der Waals surface area contributed by atoms with Gasteiger partial charge < -0.3 is 14.8 Å². The molecule has 0 aliphatic carbocycles. The first-order valence-electron chi connectivity index (χ1n) is 10.7. The maximum Gasteiger partial charge on any atom is 0.244 e. The number of nitrogens with zero attached hydrogens (tertiary/aromatic N) is 2. The summed E-state index contributed by atoms with van der Waals surface area (Å²) in [7, 11) is 3.26. The van der Waals surface area contributed by atoms with Crippen LogP contribution in [0.1, 0.15) is 18.5 Å². The van der Waals surface area contributed by atoms with Gasteiger partial charge in [-0.05, 0) is 55.3 Å². The molecule has 0 unspecified atom stereocenters. The van der Waals surface area contributed by atoms with E-state index >= 15 is 0 Å². The minimum Gasteiger partial charge on any atom is -0.497 e. The molecular formula is C26H26ClN3O3. The third-order valence-electron chi connectivity index (χ3n) is 5.64. The second kappa shape index (κ2) is 9.96. The van der Waals surface area contributed by atoms with Crippen molar-refractivity contribution in [1.82, 2.24) is 15.1 Å². The Morgan fingerprint density at radius 3 is 2.58 bits per heavy atom. The number of benzene rings is 3. The molecule has 170 valence electrons. The highest BCUT2D eigenvalue weighted by Crippen LogP contribution is 2.32. The zero-order valence-corrected chi connectivity index (χ0v) is 19.6. The van der Waals surface area contributed by atoms with Crippen molar-refractivity contribution in [3.8, 4) is 22.8 Å². The largest absolute Gasteiger partial charge is 0.497 e. The Morgan fingerprint density at radius 1 is 1.06 bits per heavy atom. The van der Waals surface area contributed by atoms with Crippen molar-refractivity contribution >= 4 is 28.4 Å². The van der Waals surface area contributed by atoms with Gasteiger partial charge >= 0.3 is 0 Å². The van der Waals surface area contributed by atoms with E-state index in [1.165, 1.54) is 0 Å². The lowest BCUT2D eigenvalue weighted by Crippen LogP contribution is -2.33. The standard InChI is InChI=1S/C26H26ClN3O3/c1-17(26(31)28-14-13-19-15-21(32-2)10-12-24(19)33-3)30-23-11-9-20(27)16-22(23)25(29-30)18-7-5-4-6-8-18/h4-12,15-17H,13-14H2,1-3H3,(H,28,31)/t17-/m1/s1. The average Bonchev–Trinajstić information content (AvgIpc) is 3.22. The molecule has 0 saturated heterocycles. The number of halogens is 1. The lowest BCUT2D eigenvalue weighted by molar-refractivity contribution is -0.124. The van der Waals surface area contributed by atoms with Crippen LogP contribution in [-0.4, -0.2) is 36.5 Å². The lowest BCUT2D eigenvalue weighted by atomic mass is 10.1. The molecule has 33 heavy (non-hydrogen) atoms. The van der Waals surface area contributed by atoms with Gasteiger partial charge in [0.25, 0.3) is 0 Å². The first-order valence-corrected chi connectivity index (χ1v) is 11.1. The van der Waals surface area contributed by atoms with Crippen LogP contribution < -0.4 is 14.8 Å². The van der Waals surface area contributed by atoms with Gasteiger partial charge in [0, 0.05) is 22.5 Å². The number of nitrogens with one attached hydrogen (secondary N) is 1. The maximum absolute atomic E-state index is 13.0. The molecule has 3 aromatic carbocycles. The fraction of sp³-hybridized carbons (Fsp3) is 0.231. The van der Waals surface area contributed by atoms with E-state index in [1.54, 1.807) is 18.9 Å². The smallest absolute Gasteiger partial charge is 0.244 e. The average molecular weight is 464 g/mol. The Bertz CT molecular complexity index is 1270. The first-order chi connectivity index (χ1) is 16.0. The molecule has 4 aromatic rings. The van der Waals surface area contributed by atoms with Gasteiger partial charge in [0.05, 0.1) is 19.7 Å². The summed E-state index contributed by atoms with van der Waals surface area (Å²) in [5, 5.41) is 9.36. The third-order valence-corrected chi connectivity index (χ3v) is 5.88. The summed E-state index contributed by atoms with van der Waals surface area (Å²) in [5.74, 6) is 1.40. The number of rotatable bonds is 8. The van der Waals surface area contributed by atoms with E-state index in [0.717, 1.165) is 39.2 Å². The van der Waals surface area contributed by atoms with Crippen molar-refractivity contribution in [3.05, 3.63) is 77.3 Å². The predicted molar refractivity (Wildman–Crippen MR) is 131 cm³/mol. The summed E-state index contributed by atoms with van der Waals surface area (Å²) < 4.78 is 12.5. The quantitative estimate of drug-likeness (QED) is 0.385. The van der Waals surface area contributed by atoms with Crippen LogP contribution in [0.25, 0.3) is 22.2 Å². The second-order valence-electron chi connectivity index (χ2n) is 7.72. The summed E-state index contributed by atoms with van der Waals surface area (Å²) in [6.45, 7) is 2.31. The van der Waals surface area contributed by atoms with Crippen LogP contribution in [0, 0.1) is 0 Å². The fourth-order valence-electron chi connectivity index (χ4n) is 3.87. The molecule has 0 aliphatic heterocycles. The van der Waals surface area contributed by atoms with Crippen molar-refractivity contribution in [2.45, 2.75) is 19.4 Å². The zero-order valence-electron chi connectivity index (χ0n) is 18.8. The van der Waals surface area contributed by atoms with Crippen LogP contribution in [-0.2, 0) is 11.2 Å². The summed E-state index contributed by atoms with van der Waals surface area (Å²) in [6, 6.07) is 20.6. The Kier molecular flexibility index (Phi) is 6.84. The number of fused-ring (bicyclic) bond motifs is 1. The molecule has 0 bridgehead atoms. The predicted octanol–water partition coefficient (Wildman–Crippen LogP) is 5.29. The van der Waals surface area contributed by atoms with Gasteiger partial charge in [0.2, 0.25) is 5.91 Å². The van der Waals surface area contributed by atoms with Gasteiger partial charge in [-0.15, -0.1) is 0 Å². The molecule has 0 saturated carbocycles. The number of carbonyl (C=O) groups is 1. The summed E-state index contributed by atoms with van der Waals surface area (Å²) >= 11 is 6.27. The molecule has 7 heteroatoms. The van der Waals surface area contributed by atoms with Crippen molar-refractivity contribution < 1.29 is 14.3 Å². The molecule has 0 aliphatic rings. The molecule has 6 nitrogen and oxygen atoms in total. The van der Waals surface area contributed by atoms with E-state index in [-0.39, 0.29) is 5.91 Å². The van der Waals surface area contributed by atoms with Crippen molar-refractivity contribution in [3.63, 3.8) is 0 Å². The Balaban J connectivity index is 1.54. The molecule has 1 atom stereocenters. The minimum atomic E-state index is -0.502. The maximum atomic E-state index is 13.0. The number of hydrogen-bond donors (Lipinski definition) is 1. The van der Waals surface area contributed by atoms with Crippen LogP contribution in [0.15, 0.2) is 66.7 Å². The van der Waals surface area contributed by atoms with Crippen LogP contribution in [0.5, 0.6) is 11.5 Å². The summed E-state index contributed by atoms with van der Waals surface area (Å²) in [4.78, 5) is 13.0. The van der Waals surface area contributed by atoms with E-state index in [2.05, 4.69) is 5.32 Å². The molecular weight excluding hydrogens is 438 g/mol. The molecule has 4 rings (SSSR count). The normalized spacial score (nSPS) is 11.9. The Hall–Kier alpha value is -3.51. The van der Waals surface area contributed by atoms with Gasteiger partial charge in [-0.2, -0.15) is 5.10 Å². The minimum absolute atomic E-state index is 0.115. The van der Waals surface area contributed by atoms with Crippen LogP contribution >= 0.6 is 11.6 Å². The topological polar surface area (TPSA) is 65.4 Å². The van der Waals surface area contributed by atoms with E-state index in [0.29, 0.717) is 18.0 Å². The van der Waals surface area contributed by atoms with Gasteiger partial charge in [0.1, 0.15) is 23.2 Å². The van der Waals surface area contributed by atoms with Gasteiger partial charge in [-0.3, -0.25) is 9.48 Å². The zero-order chi connectivity index (χ0) is 23.4. The molecule has 1 N–H and O–H groups in total. The number of amides is 1. The second-order valence-corrected chi connectivity index (χ2v) is 8.15. The van der Waals surface area contributed by atoms with Crippen LogP contribution in [0.2, 0.25) is 5.02 Å². The highest BCUT2D eigenvalue weighted by atomic mass is 35.5. The number of carbonyl (C=O) groups excluding carboxylic acids is 1. The van der Waals surface area contributed by atoms with Gasteiger partial charge in [-0.25, -0.2) is 0 Å². The van der Waals surface area contributed by atoms with E-state index in [4.69, 9.17) is 26.2 Å². The van der Waals surface area contributed by atoms with E-state index in [9.17, 15) is 4.79 Å². The molecule has 0 fully saturated rings. The van der Waals surface area contributed by atoms with Crippen LogP contribution in [0.3, 0.4) is 0 Å². The molecule has 0 radical (unpaired) electrons. The van der Waals surface area contributed by atoms with Gasteiger partial charge in [0.15, 0.2) is 0 Å². The molecule has 1 aromatic heterocycles. The number of hydrogen-bond acceptors (Lipinski definition) is 4. The van der Waals surface area contributed by atoms with Crippen LogP contribution in [0.4, 0.5) is 0 Å². The number of methoxy groups -OCH3 is 2. The molecule has 1 amide bonds. The molecule has 0 spiro atoms. The lowest BCUT2D eigenvalue weighted by Gasteiger charge is -2.15. The van der Waals surface area contributed by atoms with Gasteiger partial charge in [-0.1, -0.05) is 41.9 Å².